The molecule has 0 radical (unpaired) electrons. The van der Waals surface area contributed by atoms with Crippen LogP contribution in [0.3, 0.4) is 0 Å². The lowest BCUT2D eigenvalue weighted by atomic mass is 9.86. The molecule has 0 unspecified atom stereocenters. The molecule has 0 saturated heterocycles. The molecule has 4 aromatic heterocycles. The second kappa shape index (κ2) is 18.9. The second-order valence-corrected chi connectivity index (χ2v) is 20.7. The highest BCUT2D eigenvalue weighted by Crippen LogP contribution is 2.46. The summed E-state index contributed by atoms with van der Waals surface area (Å²) in [4.78, 5) is 15.1. The van der Waals surface area contributed by atoms with Crippen molar-refractivity contribution < 1.29 is 0 Å². The van der Waals surface area contributed by atoms with Crippen molar-refractivity contribution in [1.29, 1.82) is 0 Å². The van der Waals surface area contributed by atoms with E-state index in [0.29, 0.717) is 17.5 Å². The Morgan fingerprint density at radius 2 is 0.481 bits per heavy atom. The number of benzene rings is 12. The van der Waals surface area contributed by atoms with Crippen LogP contribution in [0.2, 0.25) is 0 Å². The summed E-state index contributed by atoms with van der Waals surface area (Å²) in [6.07, 6.45) is 0. The zero-order valence-electron chi connectivity index (χ0n) is 43.9. The minimum Gasteiger partial charge on any atom is -0.309 e. The smallest absolute Gasteiger partial charge is 0.164 e. The molecule has 16 aromatic rings. The van der Waals surface area contributed by atoms with Crippen molar-refractivity contribution in [3.8, 4) is 84.6 Å². The Bertz CT molecular complexity index is 4680. The quantitative estimate of drug-likeness (QED) is 0.145. The van der Waals surface area contributed by atoms with Crippen molar-refractivity contribution in [2.45, 2.75) is 0 Å². The average Bonchev–Trinajstić information content (AvgIpc) is 4.31. The van der Waals surface area contributed by atoms with Crippen LogP contribution in [0.1, 0.15) is 0 Å². The minimum atomic E-state index is 0.616. The largest absolute Gasteiger partial charge is 0.309 e. The maximum atomic E-state index is 5.09. The summed E-state index contributed by atoms with van der Waals surface area (Å²) in [5, 5.41) is 7.28. The fraction of sp³-hybridized carbons (Fsp3) is 0. The molecule has 0 aliphatic carbocycles. The van der Waals surface area contributed by atoms with Gasteiger partial charge in [0, 0.05) is 66.1 Å². The van der Waals surface area contributed by atoms with Crippen molar-refractivity contribution in [3.63, 3.8) is 0 Å². The average molecular weight is 1030 g/mol. The molecule has 0 atom stereocenters. The van der Waals surface area contributed by atoms with Crippen molar-refractivity contribution in [1.82, 2.24) is 28.7 Å². The van der Waals surface area contributed by atoms with Gasteiger partial charge in [0.25, 0.3) is 0 Å². The number of hydrogen-bond acceptors (Lipinski definition) is 3. The van der Waals surface area contributed by atoms with Crippen LogP contribution in [-0.4, -0.2) is 28.7 Å². The summed E-state index contributed by atoms with van der Waals surface area (Å²) in [6, 6.07) is 105. The lowest BCUT2D eigenvalue weighted by Gasteiger charge is -2.20. The molecule has 378 valence electrons. The summed E-state index contributed by atoms with van der Waals surface area (Å²) < 4.78 is 7.34. The topological polar surface area (TPSA) is 53.5 Å². The van der Waals surface area contributed by atoms with E-state index in [0.717, 1.165) is 78.2 Å². The van der Waals surface area contributed by atoms with Crippen molar-refractivity contribution >= 4 is 65.4 Å². The van der Waals surface area contributed by atoms with Crippen molar-refractivity contribution in [2.24, 2.45) is 0 Å². The molecule has 0 aliphatic heterocycles. The van der Waals surface area contributed by atoms with E-state index in [4.69, 9.17) is 15.0 Å². The molecular formula is C75H48N6. The van der Waals surface area contributed by atoms with Crippen molar-refractivity contribution in [2.75, 3.05) is 0 Å². The molecule has 6 heteroatoms. The summed E-state index contributed by atoms with van der Waals surface area (Å²) in [5.74, 6) is 1.88. The zero-order chi connectivity index (χ0) is 53.4. The SMILES string of the molecule is c1ccc(-c2nc(-c3ccccc3)nc(-c3ccc(-c4c(-c5ccccc5)cc(-n5c6ccc(-n7c8ccccc8c8ccccc87)cc6c6cc(-n7c8ccccc8c8ccccc87)ccc65)cc4-c4ccccc4)cc3)n2)cc1. The molecule has 0 N–H and O–H groups in total. The minimum absolute atomic E-state index is 0.616. The zero-order valence-corrected chi connectivity index (χ0v) is 43.9. The van der Waals surface area contributed by atoms with Gasteiger partial charge in [0.2, 0.25) is 0 Å². The molecule has 6 nitrogen and oxygen atoms in total. The van der Waals surface area contributed by atoms with Gasteiger partial charge in [-0.15, -0.1) is 0 Å². The van der Waals surface area contributed by atoms with E-state index in [1.807, 2.05) is 60.7 Å². The highest BCUT2D eigenvalue weighted by Gasteiger charge is 2.23. The highest BCUT2D eigenvalue weighted by molar-refractivity contribution is 6.14. The third kappa shape index (κ3) is 7.68. The van der Waals surface area contributed by atoms with Gasteiger partial charge in [-0.1, -0.05) is 218 Å². The van der Waals surface area contributed by atoms with E-state index in [2.05, 4.69) is 244 Å². The predicted octanol–water partition coefficient (Wildman–Crippen LogP) is 19.2. The molecule has 4 heterocycles. The first-order chi connectivity index (χ1) is 40.2. The fourth-order valence-corrected chi connectivity index (χ4v) is 12.4. The summed E-state index contributed by atoms with van der Waals surface area (Å²) in [5.41, 5.74) is 19.7. The summed E-state index contributed by atoms with van der Waals surface area (Å²) in [7, 11) is 0. The van der Waals surface area contributed by atoms with Crippen LogP contribution in [0.5, 0.6) is 0 Å². The van der Waals surface area contributed by atoms with Crippen molar-refractivity contribution in [3.05, 3.63) is 291 Å². The molecule has 81 heavy (non-hydrogen) atoms. The Morgan fingerprint density at radius 1 is 0.198 bits per heavy atom. The van der Waals surface area contributed by atoms with E-state index >= 15 is 0 Å². The third-order valence-corrected chi connectivity index (χ3v) is 16.1. The first-order valence-corrected chi connectivity index (χ1v) is 27.5. The Labute approximate surface area is 467 Å². The molecule has 0 spiro atoms. The maximum absolute atomic E-state index is 5.09. The Morgan fingerprint density at radius 3 is 0.852 bits per heavy atom. The number of aromatic nitrogens is 6. The van der Waals surface area contributed by atoms with Gasteiger partial charge < -0.3 is 13.7 Å². The molecule has 0 amide bonds. The van der Waals surface area contributed by atoms with Gasteiger partial charge in [-0.05, 0) is 106 Å². The molecule has 0 fully saturated rings. The van der Waals surface area contributed by atoms with Gasteiger partial charge in [0.15, 0.2) is 17.5 Å². The van der Waals surface area contributed by atoms with Crippen LogP contribution in [0, 0.1) is 0 Å². The standard InChI is InChI=1S/C75H48N6/c1-5-21-49(22-6-1)62-47-57(48-63(50-23-7-2-8-24-50)72(62)51-37-39-54(40-38-51)75-77-73(52-25-9-3-10-26-52)76-74(78-75)53-27-11-4-12-28-53)81-70-43-41-55(79-66-33-17-13-29-58(66)59-30-14-18-34-67(59)79)45-64(70)65-46-56(42-44-71(65)81)80-68-35-19-15-31-60(68)61-32-16-20-36-69(61)80/h1-48H. The molecule has 16 rings (SSSR count). The third-order valence-electron chi connectivity index (χ3n) is 16.1. The monoisotopic (exact) mass is 1030 g/mol. The number of nitrogens with zero attached hydrogens (tertiary/aromatic N) is 6. The van der Waals surface area contributed by atoms with Gasteiger partial charge in [-0.2, -0.15) is 0 Å². The number of hydrogen-bond donors (Lipinski definition) is 0. The van der Waals surface area contributed by atoms with Crippen LogP contribution in [-0.2, 0) is 0 Å². The number of para-hydroxylation sites is 4. The number of fused-ring (bicyclic) bond motifs is 9. The van der Waals surface area contributed by atoms with E-state index < -0.39 is 0 Å². The second-order valence-electron chi connectivity index (χ2n) is 20.7. The Hall–Kier alpha value is -11.0. The van der Waals surface area contributed by atoms with Gasteiger partial charge in [-0.3, -0.25) is 0 Å². The van der Waals surface area contributed by atoms with Crippen LogP contribution in [0.4, 0.5) is 0 Å². The normalized spacial score (nSPS) is 11.7. The molecule has 12 aromatic carbocycles. The van der Waals surface area contributed by atoms with E-state index in [9.17, 15) is 0 Å². The van der Waals surface area contributed by atoms with Crippen LogP contribution in [0.25, 0.3) is 150 Å². The molecule has 0 aliphatic rings. The Balaban J connectivity index is 0.931. The molecular weight excluding hydrogens is 985 g/mol. The van der Waals surface area contributed by atoms with Crippen LogP contribution < -0.4 is 0 Å². The molecule has 0 bridgehead atoms. The lowest BCUT2D eigenvalue weighted by molar-refractivity contribution is 1.07. The lowest BCUT2D eigenvalue weighted by Crippen LogP contribution is -2.00. The van der Waals surface area contributed by atoms with Gasteiger partial charge in [-0.25, -0.2) is 15.0 Å². The van der Waals surface area contributed by atoms with E-state index in [1.54, 1.807) is 0 Å². The van der Waals surface area contributed by atoms with E-state index in [1.165, 1.54) is 54.4 Å². The van der Waals surface area contributed by atoms with Gasteiger partial charge in [0.1, 0.15) is 0 Å². The van der Waals surface area contributed by atoms with Crippen LogP contribution >= 0.6 is 0 Å². The predicted molar refractivity (Wildman–Crippen MR) is 335 cm³/mol. The van der Waals surface area contributed by atoms with E-state index in [-0.39, 0.29) is 0 Å². The first kappa shape index (κ1) is 46.2. The maximum Gasteiger partial charge on any atom is 0.164 e. The van der Waals surface area contributed by atoms with Crippen LogP contribution in [0.15, 0.2) is 291 Å². The number of rotatable bonds is 9. The molecule has 0 saturated carbocycles. The Kier molecular flexibility index (Phi) is 10.8. The summed E-state index contributed by atoms with van der Waals surface area (Å²) in [6.45, 7) is 0. The highest BCUT2D eigenvalue weighted by atomic mass is 15.0. The van der Waals surface area contributed by atoms with Gasteiger partial charge in [0.05, 0.1) is 33.1 Å². The fourth-order valence-electron chi connectivity index (χ4n) is 12.4. The summed E-state index contributed by atoms with van der Waals surface area (Å²) >= 11 is 0. The van der Waals surface area contributed by atoms with Gasteiger partial charge >= 0.3 is 0 Å². The first-order valence-electron chi connectivity index (χ1n) is 27.5.